The van der Waals surface area contributed by atoms with Crippen molar-refractivity contribution in [3.63, 3.8) is 0 Å². The Balaban J connectivity index is 2.04. The standard InChI is InChI=1S/C11H9BrN2O2S/c12-8-2-4-17-10(8)6-14-11(16)7-1-3-13-5-9(7)15/h1-5,15H,6H2,(H,14,16). The van der Waals surface area contributed by atoms with Gasteiger partial charge in [0.1, 0.15) is 5.75 Å². The maximum atomic E-state index is 11.8. The summed E-state index contributed by atoms with van der Waals surface area (Å²) in [4.78, 5) is 16.5. The van der Waals surface area contributed by atoms with Crippen molar-refractivity contribution in [1.82, 2.24) is 10.3 Å². The first-order chi connectivity index (χ1) is 8.18. The third-order valence-electron chi connectivity index (χ3n) is 2.15. The van der Waals surface area contributed by atoms with Gasteiger partial charge in [-0.3, -0.25) is 9.78 Å². The number of pyridine rings is 1. The Labute approximate surface area is 110 Å². The number of carbonyl (C=O) groups excluding carboxylic acids is 1. The van der Waals surface area contributed by atoms with Gasteiger partial charge in [-0.1, -0.05) is 0 Å². The summed E-state index contributed by atoms with van der Waals surface area (Å²) in [6.45, 7) is 0.429. The lowest BCUT2D eigenvalue weighted by Crippen LogP contribution is -2.22. The number of thiophene rings is 1. The van der Waals surface area contributed by atoms with E-state index in [9.17, 15) is 9.90 Å². The Kier molecular flexibility index (Phi) is 3.75. The second-order valence-electron chi connectivity index (χ2n) is 3.27. The molecule has 0 saturated heterocycles. The molecule has 0 aliphatic carbocycles. The largest absolute Gasteiger partial charge is 0.505 e. The molecule has 0 aliphatic rings. The third-order valence-corrected chi connectivity index (χ3v) is 4.07. The van der Waals surface area contributed by atoms with Gasteiger partial charge >= 0.3 is 0 Å². The fourth-order valence-electron chi connectivity index (χ4n) is 1.29. The number of halogens is 1. The second kappa shape index (κ2) is 5.29. The molecule has 2 N–H and O–H groups in total. The number of aromatic hydroxyl groups is 1. The van der Waals surface area contributed by atoms with Gasteiger partial charge < -0.3 is 10.4 Å². The number of rotatable bonds is 3. The van der Waals surface area contributed by atoms with Gasteiger partial charge in [0.05, 0.1) is 18.3 Å². The predicted molar refractivity (Wildman–Crippen MR) is 69.1 cm³/mol. The summed E-state index contributed by atoms with van der Waals surface area (Å²) in [6.07, 6.45) is 2.71. The summed E-state index contributed by atoms with van der Waals surface area (Å²) in [5.41, 5.74) is 0.229. The quantitative estimate of drug-likeness (QED) is 0.915. The lowest BCUT2D eigenvalue weighted by Gasteiger charge is -2.05. The smallest absolute Gasteiger partial charge is 0.255 e. The molecule has 2 aromatic heterocycles. The number of hydrogen-bond donors (Lipinski definition) is 2. The number of nitrogens with one attached hydrogen (secondary N) is 1. The zero-order chi connectivity index (χ0) is 12.3. The third kappa shape index (κ3) is 2.83. The molecule has 0 bridgehead atoms. The molecule has 0 atom stereocenters. The minimum absolute atomic E-state index is 0.116. The van der Waals surface area contributed by atoms with Crippen molar-refractivity contribution >= 4 is 33.2 Å². The van der Waals surface area contributed by atoms with Crippen LogP contribution in [0.25, 0.3) is 0 Å². The highest BCUT2D eigenvalue weighted by Gasteiger charge is 2.11. The molecule has 0 spiro atoms. The molecule has 0 saturated carbocycles. The van der Waals surface area contributed by atoms with Gasteiger partial charge in [-0.15, -0.1) is 11.3 Å². The van der Waals surface area contributed by atoms with E-state index >= 15 is 0 Å². The molecule has 88 valence electrons. The Hall–Kier alpha value is -1.40. The van der Waals surface area contributed by atoms with Gasteiger partial charge in [0.25, 0.3) is 5.91 Å². The first kappa shape index (κ1) is 12.1. The van der Waals surface area contributed by atoms with E-state index in [0.29, 0.717) is 6.54 Å². The SMILES string of the molecule is O=C(NCc1sccc1Br)c1ccncc1O. The van der Waals surface area contributed by atoms with Crippen molar-refractivity contribution in [2.75, 3.05) is 0 Å². The summed E-state index contributed by atoms with van der Waals surface area (Å²) in [5.74, 6) is -0.430. The molecule has 2 rings (SSSR count). The summed E-state index contributed by atoms with van der Waals surface area (Å²) in [6, 6.07) is 3.41. The number of carbonyl (C=O) groups is 1. The van der Waals surface area contributed by atoms with Gasteiger partial charge in [-0.25, -0.2) is 0 Å². The zero-order valence-electron chi connectivity index (χ0n) is 8.68. The summed E-state index contributed by atoms with van der Waals surface area (Å²) in [5, 5.41) is 14.1. The van der Waals surface area contributed by atoms with Crippen LogP contribution in [-0.4, -0.2) is 16.0 Å². The van der Waals surface area contributed by atoms with E-state index < -0.39 is 0 Å². The topological polar surface area (TPSA) is 62.2 Å². The Morgan fingerprint density at radius 1 is 1.53 bits per heavy atom. The highest BCUT2D eigenvalue weighted by molar-refractivity contribution is 9.10. The van der Waals surface area contributed by atoms with E-state index in [0.717, 1.165) is 9.35 Å². The Morgan fingerprint density at radius 2 is 2.35 bits per heavy atom. The molecule has 0 aliphatic heterocycles. The van der Waals surface area contributed by atoms with Crippen LogP contribution in [0.1, 0.15) is 15.2 Å². The van der Waals surface area contributed by atoms with Gasteiger partial charge in [0.15, 0.2) is 0 Å². The van der Waals surface area contributed by atoms with Crippen LogP contribution in [0, 0.1) is 0 Å². The highest BCUT2D eigenvalue weighted by atomic mass is 79.9. The first-order valence-corrected chi connectivity index (χ1v) is 6.49. The average Bonchev–Trinajstić information content (AvgIpc) is 2.72. The monoisotopic (exact) mass is 312 g/mol. The van der Waals surface area contributed by atoms with Crippen LogP contribution < -0.4 is 5.32 Å². The van der Waals surface area contributed by atoms with Crippen LogP contribution in [0.4, 0.5) is 0 Å². The van der Waals surface area contributed by atoms with E-state index in [1.807, 2.05) is 11.4 Å². The molecule has 17 heavy (non-hydrogen) atoms. The molecule has 1 amide bonds. The molecule has 0 radical (unpaired) electrons. The van der Waals surface area contributed by atoms with Gasteiger partial charge in [0.2, 0.25) is 0 Å². The molecular weight excluding hydrogens is 304 g/mol. The maximum Gasteiger partial charge on any atom is 0.255 e. The number of nitrogens with zero attached hydrogens (tertiary/aromatic N) is 1. The van der Waals surface area contributed by atoms with Crippen molar-refractivity contribution in [1.29, 1.82) is 0 Å². The molecule has 2 heterocycles. The predicted octanol–water partition coefficient (Wildman–Crippen LogP) is 2.54. The average molecular weight is 313 g/mol. The van der Waals surface area contributed by atoms with Crippen molar-refractivity contribution < 1.29 is 9.90 Å². The van der Waals surface area contributed by atoms with Crippen LogP contribution in [-0.2, 0) is 6.54 Å². The fraction of sp³-hybridized carbons (Fsp3) is 0.0909. The number of aromatic nitrogens is 1. The Bertz CT molecular complexity index is 542. The van der Waals surface area contributed by atoms with Crippen molar-refractivity contribution in [3.8, 4) is 5.75 Å². The summed E-state index contributed by atoms with van der Waals surface area (Å²) in [7, 11) is 0. The summed E-state index contributed by atoms with van der Waals surface area (Å²) >= 11 is 4.94. The lowest BCUT2D eigenvalue weighted by atomic mass is 10.2. The number of hydrogen-bond acceptors (Lipinski definition) is 4. The lowest BCUT2D eigenvalue weighted by molar-refractivity contribution is 0.0948. The molecule has 4 nitrogen and oxygen atoms in total. The molecule has 0 fully saturated rings. The minimum Gasteiger partial charge on any atom is -0.505 e. The van der Waals surface area contributed by atoms with E-state index in [-0.39, 0.29) is 17.2 Å². The van der Waals surface area contributed by atoms with E-state index in [1.165, 1.54) is 18.5 Å². The minimum atomic E-state index is -0.315. The second-order valence-corrected chi connectivity index (χ2v) is 5.12. The molecule has 2 aromatic rings. The normalized spacial score (nSPS) is 10.2. The van der Waals surface area contributed by atoms with Crippen LogP contribution >= 0.6 is 27.3 Å². The maximum absolute atomic E-state index is 11.8. The summed E-state index contributed by atoms with van der Waals surface area (Å²) < 4.78 is 0.974. The van der Waals surface area contributed by atoms with Gasteiger partial charge in [0, 0.05) is 15.5 Å². The van der Waals surface area contributed by atoms with Crippen molar-refractivity contribution in [2.45, 2.75) is 6.54 Å². The fourth-order valence-corrected chi connectivity index (χ4v) is 2.72. The van der Waals surface area contributed by atoms with Crippen LogP contribution in [0.2, 0.25) is 0 Å². The van der Waals surface area contributed by atoms with E-state index in [2.05, 4.69) is 26.2 Å². The van der Waals surface area contributed by atoms with Crippen molar-refractivity contribution in [3.05, 3.63) is 44.8 Å². The van der Waals surface area contributed by atoms with Gasteiger partial charge in [-0.05, 0) is 33.4 Å². The van der Waals surface area contributed by atoms with Crippen LogP contribution in [0.15, 0.2) is 34.4 Å². The van der Waals surface area contributed by atoms with Gasteiger partial charge in [-0.2, -0.15) is 0 Å². The number of amides is 1. The Morgan fingerprint density at radius 3 is 3.00 bits per heavy atom. The molecule has 6 heteroatoms. The first-order valence-electron chi connectivity index (χ1n) is 4.81. The van der Waals surface area contributed by atoms with Crippen LogP contribution in [0.5, 0.6) is 5.75 Å². The molecule has 0 aromatic carbocycles. The highest BCUT2D eigenvalue weighted by Crippen LogP contribution is 2.22. The van der Waals surface area contributed by atoms with E-state index in [1.54, 1.807) is 11.3 Å². The molecule has 0 unspecified atom stereocenters. The van der Waals surface area contributed by atoms with Crippen molar-refractivity contribution in [2.24, 2.45) is 0 Å². The molecular formula is C11H9BrN2O2S. The van der Waals surface area contributed by atoms with E-state index in [4.69, 9.17) is 0 Å². The van der Waals surface area contributed by atoms with Crippen LogP contribution in [0.3, 0.4) is 0 Å². The zero-order valence-corrected chi connectivity index (χ0v) is 11.1.